The maximum atomic E-state index is 11.6. The summed E-state index contributed by atoms with van der Waals surface area (Å²) in [7, 11) is 0. The zero-order chi connectivity index (χ0) is 14.5. The highest BCUT2D eigenvalue weighted by Gasteiger charge is 2.23. The number of benzene rings is 1. The highest BCUT2D eigenvalue weighted by Crippen LogP contribution is 2.24. The van der Waals surface area contributed by atoms with Crippen LogP contribution in [-0.2, 0) is 4.74 Å². The first-order valence-electron chi connectivity index (χ1n) is 6.78. The molecule has 5 nitrogen and oxygen atoms in total. The van der Waals surface area contributed by atoms with Crippen LogP contribution >= 0.6 is 0 Å². The Labute approximate surface area is 118 Å². The monoisotopic (exact) mass is 276 g/mol. The molecule has 2 atom stereocenters. The zero-order valence-corrected chi connectivity index (χ0v) is 11.7. The van der Waals surface area contributed by atoms with E-state index in [4.69, 9.17) is 4.74 Å². The highest BCUT2D eigenvalue weighted by molar-refractivity contribution is 6.04. The number of nitrogens with zero attached hydrogens (tertiary/aromatic N) is 1. The van der Waals surface area contributed by atoms with Gasteiger partial charge in [-0.3, -0.25) is 4.79 Å². The summed E-state index contributed by atoms with van der Waals surface area (Å²) < 4.78 is 5.66. The van der Waals surface area contributed by atoms with Crippen LogP contribution in [0.5, 0.6) is 0 Å². The summed E-state index contributed by atoms with van der Waals surface area (Å²) in [6.07, 6.45) is 0.529. The summed E-state index contributed by atoms with van der Waals surface area (Å²) in [5.74, 6) is -0.248. The summed E-state index contributed by atoms with van der Waals surface area (Å²) >= 11 is 0. The van der Waals surface area contributed by atoms with Gasteiger partial charge in [-0.15, -0.1) is 0 Å². The number of rotatable bonds is 6. The molecule has 0 radical (unpaired) electrons. The van der Waals surface area contributed by atoms with E-state index in [0.717, 1.165) is 5.56 Å². The average molecular weight is 276 g/mol. The molecule has 0 bridgehead atoms. The summed E-state index contributed by atoms with van der Waals surface area (Å²) in [6, 6.07) is 7.57. The van der Waals surface area contributed by atoms with E-state index in [-0.39, 0.29) is 18.6 Å². The van der Waals surface area contributed by atoms with Crippen LogP contribution in [0.25, 0.3) is 0 Å². The predicted octanol–water partition coefficient (Wildman–Crippen LogP) is 1.33. The van der Waals surface area contributed by atoms with E-state index in [1.54, 1.807) is 12.1 Å². The standard InChI is InChI=1S/C15H20N2O3/c1-10(2)16-7-11(18)9-20-14-8-17-15(19)13-6-4-3-5-12(13)14/h3-6,8,10-11,14,16,18H,7,9H2,1-2H3. The van der Waals surface area contributed by atoms with Crippen LogP contribution in [0.1, 0.15) is 35.9 Å². The smallest absolute Gasteiger partial charge is 0.277 e. The normalized spacial score (nSPS) is 19.2. The van der Waals surface area contributed by atoms with Crippen molar-refractivity contribution in [1.29, 1.82) is 0 Å². The number of aliphatic hydroxyl groups excluding tert-OH is 1. The van der Waals surface area contributed by atoms with Crippen molar-refractivity contribution in [3.8, 4) is 0 Å². The Balaban J connectivity index is 1.94. The van der Waals surface area contributed by atoms with E-state index in [0.29, 0.717) is 18.2 Å². The number of fused-ring (bicyclic) bond motifs is 1. The number of nitrogens with one attached hydrogen (secondary N) is 1. The number of hydrogen-bond acceptors (Lipinski definition) is 4. The van der Waals surface area contributed by atoms with E-state index in [1.807, 2.05) is 26.0 Å². The van der Waals surface area contributed by atoms with Crippen LogP contribution in [0, 0.1) is 0 Å². The van der Waals surface area contributed by atoms with Gasteiger partial charge in [0, 0.05) is 24.4 Å². The number of carbonyl (C=O) groups is 1. The molecule has 0 spiro atoms. The van der Waals surface area contributed by atoms with Gasteiger partial charge in [-0.25, -0.2) is 4.99 Å². The van der Waals surface area contributed by atoms with Gasteiger partial charge in [0.2, 0.25) is 0 Å². The van der Waals surface area contributed by atoms with Crippen molar-refractivity contribution in [3.63, 3.8) is 0 Å². The molecule has 0 aliphatic carbocycles. The minimum Gasteiger partial charge on any atom is -0.389 e. The lowest BCUT2D eigenvalue weighted by Crippen LogP contribution is -2.35. The van der Waals surface area contributed by atoms with Crippen molar-refractivity contribution >= 4 is 12.1 Å². The van der Waals surface area contributed by atoms with Gasteiger partial charge >= 0.3 is 0 Å². The van der Waals surface area contributed by atoms with Crippen molar-refractivity contribution in [1.82, 2.24) is 5.32 Å². The number of hydrogen-bond donors (Lipinski definition) is 2. The maximum Gasteiger partial charge on any atom is 0.277 e. The number of carbonyl (C=O) groups excluding carboxylic acids is 1. The van der Waals surface area contributed by atoms with Crippen molar-refractivity contribution in [2.45, 2.75) is 32.1 Å². The molecule has 108 valence electrons. The first-order chi connectivity index (χ1) is 9.58. The minimum atomic E-state index is -0.587. The minimum absolute atomic E-state index is 0.193. The number of aliphatic imine (C=N–C) groups is 1. The van der Waals surface area contributed by atoms with Gasteiger partial charge in [0.25, 0.3) is 5.91 Å². The third-order valence-corrected chi connectivity index (χ3v) is 3.05. The Morgan fingerprint density at radius 2 is 2.15 bits per heavy atom. The van der Waals surface area contributed by atoms with Crippen LogP contribution in [0.3, 0.4) is 0 Å². The molecule has 0 aromatic heterocycles. The summed E-state index contributed by atoms with van der Waals surface area (Å²) in [6.45, 7) is 4.70. The molecule has 1 aromatic rings. The highest BCUT2D eigenvalue weighted by atomic mass is 16.5. The van der Waals surface area contributed by atoms with E-state index in [9.17, 15) is 9.90 Å². The van der Waals surface area contributed by atoms with E-state index < -0.39 is 6.10 Å². The summed E-state index contributed by atoms with van der Waals surface area (Å²) in [4.78, 5) is 15.5. The lowest BCUT2D eigenvalue weighted by Gasteiger charge is -2.21. The van der Waals surface area contributed by atoms with Crippen molar-refractivity contribution in [2.24, 2.45) is 4.99 Å². The van der Waals surface area contributed by atoms with Crippen LogP contribution in [-0.4, -0.2) is 42.5 Å². The fraction of sp³-hybridized carbons (Fsp3) is 0.467. The van der Waals surface area contributed by atoms with E-state index >= 15 is 0 Å². The molecule has 0 saturated heterocycles. The number of ether oxygens (including phenoxy) is 1. The largest absolute Gasteiger partial charge is 0.389 e. The van der Waals surface area contributed by atoms with Gasteiger partial charge in [0.05, 0.1) is 12.7 Å². The molecular formula is C15H20N2O3. The first kappa shape index (κ1) is 14.8. The van der Waals surface area contributed by atoms with Gasteiger partial charge in [-0.05, 0) is 11.6 Å². The lowest BCUT2D eigenvalue weighted by molar-refractivity contribution is 0.0169. The van der Waals surface area contributed by atoms with Gasteiger partial charge in [0.15, 0.2) is 0 Å². The molecule has 0 saturated carbocycles. The molecular weight excluding hydrogens is 256 g/mol. The maximum absolute atomic E-state index is 11.6. The third kappa shape index (κ3) is 3.72. The Morgan fingerprint density at radius 1 is 1.40 bits per heavy atom. The lowest BCUT2D eigenvalue weighted by atomic mass is 10.00. The molecule has 20 heavy (non-hydrogen) atoms. The molecule has 2 unspecified atom stereocenters. The molecule has 1 heterocycles. The molecule has 2 N–H and O–H groups in total. The molecule has 5 heteroatoms. The first-order valence-corrected chi connectivity index (χ1v) is 6.78. The van der Waals surface area contributed by atoms with Gasteiger partial charge in [-0.1, -0.05) is 32.0 Å². The zero-order valence-electron chi connectivity index (χ0n) is 11.7. The Kier molecular flexibility index (Phi) is 5.00. The fourth-order valence-electron chi connectivity index (χ4n) is 2.00. The quantitative estimate of drug-likeness (QED) is 0.822. The molecule has 1 aliphatic rings. The van der Waals surface area contributed by atoms with Gasteiger partial charge in [-0.2, -0.15) is 0 Å². The van der Waals surface area contributed by atoms with E-state index in [1.165, 1.54) is 6.21 Å². The van der Waals surface area contributed by atoms with Gasteiger partial charge in [0.1, 0.15) is 6.10 Å². The SMILES string of the molecule is CC(C)NCC(O)COC1C=NC(=O)c2ccccc21. The summed E-state index contributed by atoms with van der Waals surface area (Å²) in [5.41, 5.74) is 1.37. The number of amides is 1. The second-order valence-corrected chi connectivity index (χ2v) is 5.14. The second kappa shape index (κ2) is 6.74. The average Bonchev–Trinajstić information content (AvgIpc) is 2.45. The van der Waals surface area contributed by atoms with Crippen LogP contribution in [0.2, 0.25) is 0 Å². The molecule has 1 aliphatic heterocycles. The Bertz CT molecular complexity index is 500. The predicted molar refractivity (Wildman–Crippen MR) is 77.1 cm³/mol. The Morgan fingerprint density at radius 3 is 2.90 bits per heavy atom. The van der Waals surface area contributed by atoms with Crippen molar-refractivity contribution in [3.05, 3.63) is 35.4 Å². The van der Waals surface area contributed by atoms with Crippen LogP contribution < -0.4 is 5.32 Å². The molecule has 1 amide bonds. The molecule has 2 rings (SSSR count). The van der Waals surface area contributed by atoms with Crippen molar-refractivity contribution < 1.29 is 14.6 Å². The summed E-state index contributed by atoms with van der Waals surface area (Å²) in [5, 5.41) is 13.0. The van der Waals surface area contributed by atoms with E-state index in [2.05, 4.69) is 10.3 Å². The molecule has 0 fully saturated rings. The van der Waals surface area contributed by atoms with Crippen molar-refractivity contribution in [2.75, 3.05) is 13.2 Å². The number of aliphatic hydroxyl groups is 1. The van der Waals surface area contributed by atoms with Gasteiger partial charge < -0.3 is 15.2 Å². The topological polar surface area (TPSA) is 70.9 Å². The second-order valence-electron chi connectivity index (χ2n) is 5.14. The molecule has 1 aromatic carbocycles. The Hall–Kier alpha value is -1.56. The third-order valence-electron chi connectivity index (χ3n) is 3.05. The van der Waals surface area contributed by atoms with Crippen LogP contribution in [0.4, 0.5) is 0 Å². The van der Waals surface area contributed by atoms with Crippen LogP contribution in [0.15, 0.2) is 29.3 Å². The fourth-order valence-corrected chi connectivity index (χ4v) is 2.00.